The molecule has 1 aromatic carbocycles. The number of anilines is 1. The summed E-state index contributed by atoms with van der Waals surface area (Å²) in [5.74, 6) is 5.28. The largest absolute Gasteiger partial charge is 0.396 e. The van der Waals surface area contributed by atoms with Gasteiger partial charge in [0.1, 0.15) is 0 Å². The van der Waals surface area contributed by atoms with Crippen LogP contribution < -0.4 is 11.3 Å². The van der Waals surface area contributed by atoms with Crippen LogP contribution in [0.15, 0.2) is 29.2 Å². The number of benzene rings is 1. The normalized spacial score (nSPS) is 21.1. The van der Waals surface area contributed by atoms with Crippen molar-refractivity contribution in [2.75, 3.05) is 25.1 Å². The number of rotatable bonds is 4. The average Bonchev–Trinajstić information content (AvgIpc) is 2.88. The van der Waals surface area contributed by atoms with Gasteiger partial charge in [-0.25, -0.2) is 8.42 Å². The minimum Gasteiger partial charge on any atom is -0.396 e. The van der Waals surface area contributed by atoms with Gasteiger partial charge in [-0.3, -0.25) is 5.84 Å². The minimum atomic E-state index is -3.45. The molecule has 0 aliphatic carbocycles. The molecule has 0 spiro atoms. The van der Waals surface area contributed by atoms with Crippen LogP contribution in [0.1, 0.15) is 6.42 Å². The molecule has 1 atom stereocenters. The summed E-state index contributed by atoms with van der Waals surface area (Å²) in [6.07, 6.45) is 0.707. The molecular weight excluding hydrogens is 254 g/mol. The van der Waals surface area contributed by atoms with Gasteiger partial charge in [-0.2, -0.15) is 4.31 Å². The quantitative estimate of drug-likeness (QED) is 0.528. The molecule has 1 fully saturated rings. The van der Waals surface area contributed by atoms with Crippen molar-refractivity contribution in [3.8, 4) is 0 Å². The summed E-state index contributed by atoms with van der Waals surface area (Å²) in [6.45, 7) is 0.877. The van der Waals surface area contributed by atoms with Crippen LogP contribution in [0.2, 0.25) is 0 Å². The first kappa shape index (κ1) is 13.3. The number of nitrogens with one attached hydrogen (secondary N) is 1. The molecule has 1 aliphatic rings. The summed E-state index contributed by atoms with van der Waals surface area (Å²) in [4.78, 5) is 0.250. The Hall–Kier alpha value is -1.15. The molecule has 0 radical (unpaired) electrons. The van der Waals surface area contributed by atoms with Gasteiger partial charge in [0.25, 0.3) is 0 Å². The number of hydrogen-bond acceptors (Lipinski definition) is 5. The summed E-state index contributed by atoms with van der Waals surface area (Å²) >= 11 is 0. The Morgan fingerprint density at radius 1 is 1.39 bits per heavy atom. The summed E-state index contributed by atoms with van der Waals surface area (Å²) in [5, 5.41) is 9.04. The first-order valence-electron chi connectivity index (χ1n) is 5.75. The Kier molecular flexibility index (Phi) is 3.86. The fourth-order valence-electron chi connectivity index (χ4n) is 2.04. The van der Waals surface area contributed by atoms with Crippen molar-refractivity contribution in [1.29, 1.82) is 0 Å². The van der Waals surface area contributed by atoms with Crippen LogP contribution >= 0.6 is 0 Å². The van der Waals surface area contributed by atoms with Gasteiger partial charge in [0, 0.05) is 25.4 Å². The van der Waals surface area contributed by atoms with E-state index in [1.54, 1.807) is 12.1 Å². The van der Waals surface area contributed by atoms with Crippen molar-refractivity contribution in [3.05, 3.63) is 24.3 Å². The van der Waals surface area contributed by atoms with Gasteiger partial charge in [-0.1, -0.05) is 0 Å². The van der Waals surface area contributed by atoms with Crippen LogP contribution in [0.25, 0.3) is 0 Å². The van der Waals surface area contributed by atoms with E-state index in [4.69, 9.17) is 10.9 Å². The van der Waals surface area contributed by atoms with Crippen molar-refractivity contribution in [2.45, 2.75) is 11.3 Å². The Bertz CT molecular complexity index is 501. The van der Waals surface area contributed by atoms with Crippen LogP contribution in [0.5, 0.6) is 0 Å². The van der Waals surface area contributed by atoms with E-state index < -0.39 is 10.0 Å². The Morgan fingerprint density at radius 2 is 2.06 bits per heavy atom. The fraction of sp³-hybridized carbons (Fsp3) is 0.455. The lowest BCUT2D eigenvalue weighted by molar-refractivity contribution is 0.233. The van der Waals surface area contributed by atoms with Gasteiger partial charge in [0.2, 0.25) is 10.0 Å². The highest BCUT2D eigenvalue weighted by molar-refractivity contribution is 7.89. The smallest absolute Gasteiger partial charge is 0.243 e. The number of nitrogen functional groups attached to an aromatic ring is 1. The van der Waals surface area contributed by atoms with Crippen molar-refractivity contribution in [2.24, 2.45) is 11.8 Å². The molecule has 0 aromatic heterocycles. The summed E-state index contributed by atoms with van der Waals surface area (Å²) in [7, 11) is -3.45. The van der Waals surface area contributed by atoms with E-state index >= 15 is 0 Å². The van der Waals surface area contributed by atoms with Gasteiger partial charge < -0.3 is 10.5 Å². The Labute approximate surface area is 106 Å². The van der Waals surface area contributed by atoms with Crippen molar-refractivity contribution in [1.82, 2.24) is 4.31 Å². The highest BCUT2D eigenvalue weighted by Crippen LogP contribution is 2.24. The van der Waals surface area contributed by atoms with E-state index in [0.29, 0.717) is 25.2 Å². The standard InChI is InChI=1S/C11H17N3O3S/c12-13-10-1-3-11(4-2-10)18(16,17)14-6-5-9(7-14)8-15/h1-4,9,13,15H,5-8,12H2. The number of hydrazine groups is 1. The van der Waals surface area contributed by atoms with E-state index in [2.05, 4.69) is 5.43 Å². The zero-order chi connectivity index (χ0) is 13.2. The lowest BCUT2D eigenvalue weighted by Crippen LogP contribution is -2.29. The van der Waals surface area contributed by atoms with Crippen LogP contribution in [0.4, 0.5) is 5.69 Å². The molecule has 4 N–H and O–H groups in total. The molecule has 0 saturated carbocycles. The summed E-state index contributed by atoms with van der Waals surface area (Å²) in [6, 6.07) is 6.28. The summed E-state index contributed by atoms with van der Waals surface area (Å²) < 4.78 is 26.0. The Morgan fingerprint density at radius 3 is 2.56 bits per heavy atom. The third-order valence-electron chi connectivity index (χ3n) is 3.17. The lowest BCUT2D eigenvalue weighted by atomic mass is 10.1. The molecule has 0 bridgehead atoms. The molecule has 1 saturated heterocycles. The van der Waals surface area contributed by atoms with Crippen LogP contribution in [-0.2, 0) is 10.0 Å². The first-order valence-corrected chi connectivity index (χ1v) is 7.19. The zero-order valence-corrected chi connectivity index (χ0v) is 10.7. The monoisotopic (exact) mass is 271 g/mol. The average molecular weight is 271 g/mol. The third kappa shape index (κ3) is 2.49. The van der Waals surface area contributed by atoms with Gasteiger partial charge in [0.15, 0.2) is 0 Å². The SMILES string of the molecule is NNc1ccc(S(=O)(=O)N2CCC(CO)C2)cc1. The number of aliphatic hydroxyl groups excluding tert-OH is 1. The highest BCUT2D eigenvalue weighted by atomic mass is 32.2. The third-order valence-corrected chi connectivity index (χ3v) is 5.04. The zero-order valence-electron chi connectivity index (χ0n) is 9.91. The molecule has 1 unspecified atom stereocenters. The number of nitrogens with zero attached hydrogens (tertiary/aromatic N) is 1. The predicted molar refractivity (Wildman–Crippen MR) is 68.2 cm³/mol. The van der Waals surface area contributed by atoms with Crippen LogP contribution in [0.3, 0.4) is 0 Å². The maximum atomic E-state index is 12.3. The maximum absolute atomic E-state index is 12.3. The molecule has 2 rings (SSSR count). The lowest BCUT2D eigenvalue weighted by Gasteiger charge is -2.16. The Balaban J connectivity index is 2.20. The molecule has 18 heavy (non-hydrogen) atoms. The van der Waals surface area contributed by atoms with E-state index in [1.807, 2.05) is 0 Å². The molecule has 1 aliphatic heterocycles. The molecular formula is C11H17N3O3S. The molecule has 100 valence electrons. The molecule has 1 heterocycles. The molecule has 7 heteroatoms. The molecule has 6 nitrogen and oxygen atoms in total. The van der Waals surface area contributed by atoms with Crippen molar-refractivity contribution < 1.29 is 13.5 Å². The predicted octanol–water partition coefficient (Wildman–Crippen LogP) is -0.0249. The second-order valence-corrected chi connectivity index (χ2v) is 6.31. The van der Waals surface area contributed by atoms with Crippen molar-refractivity contribution >= 4 is 15.7 Å². The maximum Gasteiger partial charge on any atom is 0.243 e. The van der Waals surface area contributed by atoms with E-state index in [1.165, 1.54) is 16.4 Å². The topological polar surface area (TPSA) is 95.7 Å². The number of hydrogen-bond donors (Lipinski definition) is 3. The molecule has 1 aromatic rings. The minimum absolute atomic E-state index is 0.0298. The van der Waals surface area contributed by atoms with E-state index in [0.717, 1.165) is 0 Å². The first-order chi connectivity index (χ1) is 8.57. The number of aliphatic hydroxyl groups is 1. The second-order valence-electron chi connectivity index (χ2n) is 4.37. The summed E-state index contributed by atoms with van der Waals surface area (Å²) in [5.41, 5.74) is 3.11. The highest BCUT2D eigenvalue weighted by Gasteiger charge is 2.31. The van der Waals surface area contributed by atoms with E-state index in [9.17, 15) is 8.42 Å². The van der Waals surface area contributed by atoms with Gasteiger partial charge in [-0.05, 0) is 36.6 Å². The van der Waals surface area contributed by atoms with Gasteiger partial charge in [-0.15, -0.1) is 0 Å². The van der Waals surface area contributed by atoms with Gasteiger partial charge in [0.05, 0.1) is 4.90 Å². The van der Waals surface area contributed by atoms with E-state index in [-0.39, 0.29) is 17.4 Å². The fourth-order valence-corrected chi connectivity index (χ4v) is 3.57. The van der Waals surface area contributed by atoms with Crippen LogP contribution in [0, 0.1) is 5.92 Å². The van der Waals surface area contributed by atoms with Crippen LogP contribution in [-0.4, -0.2) is 37.5 Å². The van der Waals surface area contributed by atoms with Crippen molar-refractivity contribution in [3.63, 3.8) is 0 Å². The second kappa shape index (κ2) is 5.23. The molecule has 0 amide bonds. The number of sulfonamides is 1. The number of nitrogens with two attached hydrogens (primary N) is 1. The van der Waals surface area contributed by atoms with Gasteiger partial charge >= 0.3 is 0 Å².